The Morgan fingerprint density at radius 2 is 1.84 bits per heavy atom. The number of carboxylic acids is 1. The lowest BCUT2D eigenvalue weighted by Crippen LogP contribution is -2.64. The minimum absolute atomic E-state index is 0.00251. The number of carbonyl (C=O) groups is 2. The quantitative estimate of drug-likeness (QED) is 0.663. The van der Waals surface area contributed by atoms with Gasteiger partial charge >= 0.3 is 12.1 Å². The van der Waals surface area contributed by atoms with Crippen molar-refractivity contribution in [3.8, 4) is 5.75 Å². The van der Waals surface area contributed by atoms with E-state index in [0.29, 0.717) is 12.5 Å². The second-order valence-electron chi connectivity index (χ2n) is 8.00. The number of rotatable bonds is 7. The second-order valence-corrected chi connectivity index (χ2v) is 8.00. The summed E-state index contributed by atoms with van der Waals surface area (Å²) in [5.41, 5.74) is 1.19. The molecule has 2 aliphatic rings. The van der Waals surface area contributed by atoms with Gasteiger partial charge in [-0.15, -0.1) is 0 Å². The third-order valence-corrected chi connectivity index (χ3v) is 5.43. The minimum Gasteiger partial charge on any atom is -0.497 e. The molecule has 0 aromatic heterocycles. The third-order valence-electron chi connectivity index (χ3n) is 5.43. The topological polar surface area (TPSA) is 88.5 Å². The predicted octanol–water partition coefficient (Wildman–Crippen LogP) is 2.02. The predicted molar refractivity (Wildman–Crippen MR) is 108 cm³/mol. The highest BCUT2D eigenvalue weighted by atomic mass is 19.4. The molecule has 1 spiro atoms. The van der Waals surface area contributed by atoms with Gasteiger partial charge in [0.05, 0.1) is 19.3 Å². The third kappa shape index (κ3) is 7.07. The van der Waals surface area contributed by atoms with Gasteiger partial charge in [0.1, 0.15) is 12.4 Å². The maximum absolute atomic E-state index is 11.6. The van der Waals surface area contributed by atoms with E-state index in [1.165, 1.54) is 5.56 Å². The van der Waals surface area contributed by atoms with E-state index in [0.717, 1.165) is 38.4 Å². The summed E-state index contributed by atoms with van der Waals surface area (Å²) in [5.74, 6) is -1.50. The van der Waals surface area contributed by atoms with E-state index in [1.807, 2.05) is 12.1 Å². The van der Waals surface area contributed by atoms with E-state index < -0.39 is 12.1 Å². The van der Waals surface area contributed by atoms with Gasteiger partial charge in [0.2, 0.25) is 5.91 Å². The van der Waals surface area contributed by atoms with Crippen LogP contribution in [0.25, 0.3) is 0 Å². The number of alkyl halides is 3. The number of likely N-dealkylation sites (N-methyl/N-ethyl adjacent to an activating group) is 1. The van der Waals surface area contributed by atoms with Crippen LogP contribution in [-0.4, -0.2) is 92.7 Å². The van der Waals surface area contributed by atoms with E-state index in [1.54, 1.807) is 26.1 Å². The number of likely N-dealkylation sites (tertiary alicyclic amines) is 1. The normalized spacial score (nSPS) is 19.6. The Morgan fingerprint density at radius 1 is 1.25 bits per heavy atom. The van der Waals surface area contributed by atoms with Gasteiger partial charge in [-0.2, -0.15) is 13.2 Å². The lowest BCUT2D eigenvalue weighted by atomic mass is 9.81. The van der Waals surface area contributed by atoms with Crippen molar-refractivity contribution in [1.29, 1.82) is 0 Å². The number of nitrogens with zero attached hydrogens (tertiary/aromatic N) is 2. The lowest BCUT2D eigenvalue weighted by Gasteiger charge is -2.50. The molecule has 8 nitrogen and oxygen atoms in total. The molecular formula is C21H29F3N2O6. The van der Waals surface area contributed by atoms with Gasteiger partial charge in [-0.05, 0) is 24.1 Å². The lowest BCUT2D eigenvalue weighted by molar-refractivity contribution is -0.192. The molecule has 32 heavy (non-hydrogen) atoms. The number of amides is 1. The summed E-state index contributed by atoms with van der Waals surface area (Å²) in [7, 11) is 5.17. The van der Waals surface area contributed by atoms with Gasteiger partial charge in [-0.1, -0.05) is 12.1 Å². The minimum atomic E-state index is -5.08. The van der Waals surface area contributed by atoms with Crippen molar-refractivity contribution >= 4 is 11.9 Å². The Labute approximate surface area is 184 Å². The van der Waals surface area contributed by atoms with Crippen molar-refractivity contribution in [2.24, 2.45) is 5.92 Å². The highest BCUT2D eigenvalue weighted by Crippen LogP contribution is 2.40. The Kier molecular flexibility index (Phi) is 8.88. The number of hydrogen-bond acceptors (Lipinski definition) is 6. The van der Waals surface area contributed by atoms with Crippen LogP contribution < -0.4 is 4.74 Å². The Balaban J connectivity index is 0.000000451. The van der Waals surface area contributed by atoms with Gasteiger partial charge < -0.3 is 24.2 Å². The van der Waals surface area contributed by atoms with Crippen LogP contribution in [0.2, 0.25) is 0 Å². The molecule has 2 saturated heterocycles. The van der Waals surface area contributed by atoms with Crippen molar-refractivity contribution in [2.75, 3.05) is 54.1 Å². The molecule has 0 saturated carbocycles. The van der Waals surface area contributed by atoms with Gasteiger partial charge in [-0.3, -0.25) is 9.69 Å². The highest BCUT2D eigenvalue weighted by molar-refractivity contribution is 5.76. The summed E-state index contributed by atoms with van der Waals surface area (Å²) >= 11 is 0. The number of ether oxygens (including phenoxy) is 3. The van der Waals surface area contributed by atoms with Gasteiger partial charge in [-0.25, -0.2) is 4.79 Å². The molecule has 11 heteroatoms. The van der Waals surface area contributed by atoms with Crippen LogP contribution in [0.1, 0.15) is 12.0 Å². The molecular weight excluding hydrogens is 433 g/mol. The maximum atomic E-state index is 11.6. The number of carboxylic acid groups (broad SMARTS) is 1. The van der Waals surface area contributed by atoms with Crippen LogP contribution in [0.5, 0.6) is 5.75 Å². The summed E-state index contributed by atoms with van der Waals surface area (Å²) < 4.78 is 48.6. The average Bonchev–Trinajstić information content (AvgIpc) is 3.11. The largest absolute Gasteiger partial charge is 0.497 e. The van der Waals surface area contributed by atoms with E-state index in [-0.39, 0.29) is 18.1 Å². The Bertz CT molecular complexity index is 764. The monoisotopic (exact) mass is 462 g/mol. The van der Waals surface area contributed by atoms with Gasteiger partial charge in [0.25, 0.3) is 0 Å². The van der Waals surface area contributed by atoms with Crippen LogP contribution in [0.3, 0.4) is 0 Å². The molecule has 0 radical (unpaired) electrons. The average molecular weight is 462 g/mol. The molecule has 1 aromatic carbocycles. The van der Waals surface area contributed by atoms with Crippen molar-refractivity contribution in [3.63, 3.8) is 0 Å². The zero-order valence-electron chi connectivity index (χ0n) is 18.4. The fraction of sp³-hybridized carbons (Fsp3) is 0.619. The van der Waals surface area contributed by atoms with Gasteiger partial charge in [0.15, 0.2) is 0 Å². The summed E-state index contributed by atoms with van der Waals surface area (Å²) in [6.07, 6.45) is -4.08. The summed E-state index contributed by atoms with van der Waals surface area (Å²) in [4.78, 5) is 24.5. The van der Waals surface area contributed by atoms with Crippen LogP contribution in [0.15, 0.2) is 24.3 Å². The molecule has 180 valence electrons. The van der Waals surface area contributed by atoms with Crippen molar-refractivity contribution < 1.29 is 42.1 Å². The number of carbonyl (C=O) groups excluding carboxylic acids is 1. The van der Waals surface area contributed by atoms with Gasteiger partial charge in [0, 0.05) is 46.3 Å². The van der Waals surface area contributed by atoms with E-state index in [9.17, 15) is 18.0 Å². The zero-order chi connectivity index (χ0) is 23.9. The Hall–Kier alpha value is -2.37. The van der Waals surface area contributed by atoms with Crippen molar-refractivity contribution in [1.82, 2.24) is 9.80 Å². The molecule has 2 heterocycles. The van der Waals surface area contributed by atoms with Crippen LogP contribution >= 0.6 is 0 Å². The van der Waals surface area contributed by atoms with Crippen LogP contribution in [-0.2, 0) is 25.6 Å². The molecule has 1 atom stereocenters. The molecule has 1 unspecified atom stereocenters. The second kappa shape index (κ2) is 11.0. The molecule has 2 aliphatic heterocycles. The summed E-state index contributed by atoms with van der Waals surface area (Å²) in [5, 5.41) is 7.12. The number of aliphatic carboxylic acids is 1. The van der Waals surface area contributed by atoms with Crippen LogP contribution in [0.4, 0.5) is 13.2 Å². The molecule has 0 aliphatic carbocycles. The number of methoxy groups -OCH3 is 1. The Morgan fingerprint density at radius 3 is 2.34 bits per heavy atom. The summed E-state index contributed by atoms with van der Waals surface area (Å²) in [6, 6.07) is 8.20. The first-order valence-corrected chi connectivity index (χ1v) is 10.0. The summed E-state index contributed by atoms with van der Waals surface area (Å²) in [6.45, 7) is 4.29. The van der Waals surface area contributed by atoms with Crippen molar-refractivity contribution in [2.45, 2.75) is 24.7 Å². The smallest absolute Gasteiger partial charge is 0.490 e. The van der Waals surface area contributed by atoms with E-state index >= 15 is 0 Å². The molecule has 0 bridgehead atoms. The fourth-order valence-corrected chi connectivity index (χ4v) is 3.60. The van der Waals surface area contributed by atoms with E-state index in [2.05, 4.69) is 17.0 Å². The van der Waals surface area contributed by atoms with Crippen molar-refractivity contribution in [3.05, 3.63) is 29.8 Å². The molecule has 2 fully saturated rings. The highest BCUT2D eigenvalue weighted by Gasteiger charge is 2.52. The fourth-order valence-electron chi connectivity index (χ4n) is 3.60. The molecule has 3 rings (SSSR count). The first kappa shape index (κ1) is 25.9. The maximum Gasteiger partial charge on any atom is 0.490 e. The standard InChI is InChI=1S/C19H28N2O4.C2HF3O2/c1-20(2)18(22)12-24-11-16-8-9-25-19(16)13-21(14-19)10-15-4-6-17(23-3)7-5-15;3-2(4,5)1(6)7/h4-7,16H,8-14H2,1-3H3;(H,6,7). The van der Waals surface area contributed by atoms with E-state index in [4.69, 9.17) is 24.1 Å². The first-order valence-electron chi connectivity index (χ1n) is 10.0. The molecule has 1 N–H and O–H groups in total. The zero-order valence-corrected chi connectivity index (χ0v) is 18.4. The first-order chi connectivity index (χ1) is 15.0. The number of benzene rings is 1. The number of halogens is 3. The molecule has 1 aromatic rings. The molecule has 1 amide bonds. The number of hydrogen-bond donors (Lipinski definition) is 1. The SMILES string of the molecule is COc1ccc(CN2CC3(C2)OCCC3COCC(=O)N(C)C)cc1.O=C(O)C(F)(F)F. The van der Waals surface area contributed by atoms with Crippen LogP contribution in [0, 0.1) is 5.92 Å².